The molecular formula is C18H18ClNO3. The lowest BCUT2D eigenvalue weighted by atomic mass is 10.0. The highest BCUT2D eigenvalue weighted by atomic mass is 35.5. The van der Waals surface area contributed by atoms with Crippen molar-refractivity contribution in [2.75, 3.05) is 6.54 Å². The number of carbonyl (C=O) groups excluding carboxylic acids is 1. The zero-order valence-electron chi connectivity index (χ0n) is 12.8. The first-order chi connectivity index (χ1) is 11.0. The van der Waals surface area contributed by atoms with Gasteiger partial charge in [-0.15, -0.1) is 0 Å². The van der Waals surface area contributed by atoms with Gasteiger partial charge in [0.05, 0.1) is 6.54 Å². The molecule has 1 amide bonds. The maximum Gasteiger partial charge on any atom is 0.410 e. The lowest BCUT2D eigenvalue weighted by Crippen LogP contribution is -2.35. The van der Waals surface area contributed by atoms with E-state index in [0.717, 1.165) is 11.1 Å². The van der Waals surface area contributed by atoms with E-state index >= 15 is 0 Å². The first-order valence-electron chi connectivity index (χ1n) is 7.53. The van der Waals surface area contributed by atoms with Gasteiger partial charge in [0.25, 0.3) is 0 Å². The third-order valence-corrected chi connectivity index (χ3v) is 4.30. The van der Waals surface area contributed by atoms with Gasteiger partial charge in [-0.1, -0.05) is 35.9 Å². The third-order valence-electron chi connectivity index (χ3n) is 4.06. The zero-order chi connectivity index (χ0) is 16.4. The number of phenols is 1. The Labute approximate surface area is 140 Å². The highest BCUT2D eigenvalue weighted by Gasteiger charge is 2.35. The van der Waals surface area contributed by atoms with Crippen LogP contribution in [-0.2, 0) is 11.2 Å². The van der Waals surface area contributed by atoms with Gasteiger partial charge in [0.2, 0.25) is 0 Å². The van der Waals surface area contributed by atoms with Crippen molar-refractivity contribution in [3.8, 4) is 5.75 Å². The van der Waals surface area contributed by atoms with Crippen LogP contribution in [0.15, 0.2) is 48.5 Å². The monoisotopic (exact) mass is 331 g/mol. The summed E-state index contributed by atoms with van der Waals surface area (Å²) in [5.74, 6) is 0.239. The summed E-state index contributed by atoms with van der Waals surface area (Å²) in [6.45, 7) is 2.51. The molecule has 4 nitrogen and oxygen atoms in total. The second kappa shape index (κ2) is 6.50. The second-order valence-electron chi connectivity index (χ2n) is 5.80. The molecule has 0 spiro atoms. The van der Waals surface area contributed by atoms with Crippen molar-refractivity contribution >= 4 is 17.7 Å². The predicted octanol–water partition coefficient (Wildman–Crippen LogP) is 4.17. The lowest BCUT2D eigenvalue weighted by Gasteiger charge is -2.22. The number of cyclic esters (lactones) is 1. The van der Waals surface area contributed by atoms with Gasteiger partial charge in [-0.25, -0.2) is 4.79 Å². The van der Waals surface area contributed by atoms with E-state index in [9.17, 15) is 9.90 Å². The van der Waals surface area contributed by atoms with E-state index in [1.165, 1.54) is 0 Å². The van der Waals surface area contributed by atoms with Gasteiger partial charge >= 0.3 is 6.09 Å². The van der Waals surface area contributed by atoms with Crippen molar-refractivity contribution in [1.29, 1.82) is 0 Å². The second-order valence-corrected chi connectivity index (χ2v) is 6.24. The molecule has 0 saturated carbocycles. The van der Waals surface area contributed by atoms with Gasteiger partial charge in [-0.05, 0) is 48.7 Å². The Morgan fingerprint density at radius 1 is 1.30 bits per heavy atom. The summed E-state index contributed by atoms with van der Waals surface area (Å²) in [7, 11) is 0. The Hall–Kier alpha value is -2.20. The number of carbonyl (C=O) groups is 1. The Balaban J connectivity index is 1.68. The Morgan fingerprint density at radius 2 is 2.04 bits per heavy atom. The summed E-state index contributed by atoms with van der Waals surface area (Å²) >= 11 is 6.00. The topological polar surface area (TPSA) is 49.8 Å². The van der Waals surface area contributed by atoms with E-state index < -0.39 is 0 Å². The van der Waals surface area contributed by atoms with Gasteiger partial charge < -0.3 is 14.7 Å². The van der Waals surface area contributed by atoms with Crippen LogP contribution >= 0.6 is 11.6 Å². The number of benzene rings is 2. The largest absolute Gasteiger partial charge is 0.508 e. The number of amides is 1. The van der Waals surface area contributed by atoms with Crippen LogP contribution in [0.1, 0.15) is 24.2 Å². The molecule has 1 N–H and O–H groups in total. The van der Waals surface area contributed by atoms with E-state index in [4.69, 9.17) is 16.3 Å². The summed E-state index contributed by atoms with van der Waals surface area (Å²) in [5.41, 5.74) is 1.97. The van der Waals surface area contributed by atoms with Gasteiger partial charge in [-0.2, -0.15) is 0 Å². The van der Waals surface area contributed by atoms with Crippen LogP contribution in [0.25, 0.3) is 0 Å². The van der Waals surface area contributed by atoms with Crippen LogP contribution in [0.4, 0.5) is 4.79 Å². The van der Waals surface area contributed by atoms with Crippen LogP contribution < -0.4 is 0 Å². The number of hydrogen-bond donors (Lipinski definition) is 1. The minimum Gasteiger partial charge on any atom is -0.508 e. The summed E-state index contributed by atoms with van der Waals surface area (Å²) in [5, 5.41) is 9.97. The molecule has 1 aliphatic heterocycles. The molecule has 0 aliphatic carbocycles. The molecule has 0 unspecified atom stereocenters. The first-order valence-corrected chi connectivity index (χ1v) is 7.91. The number of phenolic OH excluding ortho intramolecular Hbond substituents is 1. The smallest absolute Gasteiger partial charge is 0.410 e. The molecule has 1 fully saturated rings. The minimum absolute atomic E-state index is 0.0104. The fraction of sp³-hybridized carbons (Fsp3) is 0.278. The molecule has 2 aromatic carbocycles. The van der Waals surface area contributed by atoms with Gasteiger partial charge in [-0.3, -0.25) is 0 Å². The zero-order valence-corrected chi connectivity index (χ0v) is 13.5. The van der Waals surface area contributed by atoms with Crippen LogP contribution in [0.3, 0.4) is 0 Å². The minimum atomic E-state index is -0.304. The highest BCUT2D eigenvalue weighted by molar-refractivity contribution is 6.30. The number of halogens is 1. The van der Waals surface area contributed by atoms with Crippen molar-refractivity contribution < 1.29 is 14.6 Å². The van der Waals surface area contributed by atoms with E-state index in [0.29, 0.717) is 18.0 Å². The van der Waals surface area contributed by atoms with E-state index in [2.05, 4.69) is 0 Å². The molecule has 23 heavy (non-hydrogen) atoms. The number of hydrogen-bond acceptors (Lipinski definition) is 3. The third kappa shape index (κ3) is 3.59. The van der Waals surface area contributed by atoms with Crippen molar-refractivity contribution in [2.24, 2.45) is 0 Å². The molecule has 0 radical (unpaired) electrons. The molecule has 5 heteroatoms. The maximum absolute atomic E-state index is 12.2. The van der Waals surface area contributed by atoms with Gasteiger partial charge in [0.15, 0.2) is 0 Å². The van der Waals surface area contributed by atoms with Gasteiger partial charge in [0.1, 0.15) is 11.9 Å². The molecule has 3 rings (SSSR count). The molecule has 1 saturated heterocycles. The normalized spacial score (nSPS) is 18.8. The quantitative estimate of drug-likeness (QED) is 0.914. The molecule has 0 bridgehead atoms. The number of rotatable bonds is 4. The van der Waals surface area contributed by atoms with E-state index in [1.54, 1.807) is 23.1 Å². The fourth-order valence-electron chi connectivity index (χ4n) is 2.80. The predicted molar refractivity (Wildman–Crippen MR) is 88.7 cm³/mol. The Bertz CT molecular complexity index is 702. The summed E-state index contributed by atoms with van der Waals surface area (Å²) < 4.78 is 5.48. The average Bonchev–Trinajstić information content (AvgIpc) is 2.92. The Morgan fingerprint density at radius 3 is 2.74 bits per heavy atom. The highest BCUT2D eigenvalue weighted by Crippen LogP contribution is 2.29. The van der Waals surface area contributed by atoms with Crippen molar-refractivity contribution in [2.45, 2.75) is 25.5 Å². The summed E-state index contributed by atoms with van der Waals surface area (Å²) in [4.78, 5) is 13.9. The van der Waals surface area contributed by atoms with Gasteiger partial charge in [0, 0.05) is 11.1 Å². The van der Waals surface area contributed by atoms with Crippen LogP contribution in [0.5, 0.6) is 5.75 Å². The molecule has 1 heterocycles. The van der Waals surface area contributed by atoms with Crippen molar-refractivity contribution in [3.05, 3.63) is 64.7 Å². The van der Waals surface area contributed by atoms with Crippen LogP contribution in [-0.4, -0.2) is 28.7 Å². The standard InChI is InChI=1S/C18H18ClNO3/c1-12(9-13-5-7-16(21)8-6-13)20-11-17(23-18(20)22)14-3-2-4-15(19)10-14/h2-8,10,12,17,21H,9,11H2,1H3/t12-,17+/m1/s1. The lowest BCUT2D eigenvalue weighted by molar-refractivity contribution is 0.129. The summed E-state index contributed by atoms with van der Waals surface area (Å²) in [6.07, 6.45) is 0.113. The number of aromatic hydroxyl groups is 1. The summed E-state index contributed by atoms with van der Waals surface area (Å²) in [6, 6.07) is 14.4. The Kier molecular flexibility index (Phi) is 4.44. The van der Waals surface area contributed by atoms with Crippen LogP contribution in [0, 0.1) is 0 Å². The van der Waals surface area contributed by atoms with Crippen molar-refractivity contribution in [1.82, 2.24) is 4.90 Å². The maximum atomic E-state index is 12.2. The molecule has 120 valence electrons. The van der Waals surface area contributed by atoms with Crippen LogP contribution in [0.2, 0.25) is 5.02 Å². The number of nitrogens with zero attached hydrogens (tertiary/aromatic N) is 1. The molecule has 1 aliphatic rings. The SMILES string of the molecule is C[C@H](Cc1ccc(O)cc1)N1C[C@@H](c2cccc(Cl)c2)OC1=O. The van der Waals surface area contributed by atoms with Crippen molar-refractivity contribution in [3.63, 3.8) is 0 Å². The fourth-order valence-corrected chi connectivity index (χ4v) is 3.00. The first kappa shape index (κ1) is 15.7. The van der Waals surface area contributed by atoms with E-state index in [-0.39, 0.29) is 24.0 Å². The molecular weight excluding hydrogens is 314 g/mol. The van der Waals surface area contributed by atoms with E-state index in [1.807, 2.05) is 37.3 Å². The molecule has 0 aromatic heterocycles. The molecule has 2 atom stereocenters. The average molecular weight is 332 g/mol. The number of ether oxygens (including phenoxy) is 1. The molecule has 2 aromatic rings.